The third-order valence-electron chi connectivity index (χ3n) is 2.18. The Balaban J connectivity index is 2.68. The number of pyridine rings is 1. The molecule has 2 aromatic rings. The molecule has 0 N–H and O–H groups in total. The third kappa shape index (κ3) is 2.01. The number of nitrogens with zero attached hydrogens (tertiary/aromatic N) is 1. The number of halogens is 2. The number of hydrogen-bond acceptors (Lipinski definition) is 2. The van der Waals surface area contributed by atoms with Gasteiger partial charge in [0.15, 0.2) is 0 Å². The first kappa shape index (κ1) is 10.9. The van der Waals surface area contributed by atoms with Crippen molar-refractivity contribution in [2.75, 3.05) is 7.11 Å². The molecule has 2 rings (SSSR count). The molecule has 0 fully saturated rings. The summed E-state index contributed by atoms with van der Waals surface area (Å²) in [5.74, 6) is 0.830. The predicted molar refractivity (Wildman–Crippen MR) is 68.6 cm³/mol. The summed E-state index contributed by atoms with van der Waals surface area (Å²) in [4.78, 5) is 4.50. The second-order valence-electron chi connectivity index (χ2n) is 3.08. The third-order valence-corrected chi connectivity index (χ3v) is 3.58. The summed E-state index contributed by atoms with van der Waals surface area (Å²) >= 11 is 6.90. The van der Waals surface area contributed by atoms with Crippen molar-refractivity contribution in [3.8, 4) is 5.75 Å². The number of methoxy groups -OCH3 is 1. The predicted octanol–water partition coefficient (Wildman–Crippen LogP) is 3.90. The van der Waals surface area contributed by atoms with E-state index in [0.717, 1.165) is 32.1 Å². The van der Waals surface area contributed by atoms with E-state index >= 15 is 0 Å². The zero-order valence-corrected chi connectivity index (χ0v) is 11.3. The van der Waals surface area contributed by atoms with Crippen LogP contribution in [0.2, 0.25) is 0 Å². The van der Waals surface area contributed by atoms with Crippen molar-refractivity contribution >= 4 is 42.8 Å². The quantitative estimate of drug-likeness (QED) is 0.779. The number of alkyl halides is 1. The lowest BCUT2D eigenvalue weighted by Gasteiger charge is -2.06. The van der Waals surface area contributed by atoms with Gasteiger partial charge in [0.05, 0.1) is 22.8 Å². The lowest BCUT2D eigenvalue weighted by molar-refractivity contribution is 0.413. The zero-order chi connectivity index (χ0) is 10.8. The molecule has 0 aliphatic carbocycles. The number of aromatic nitrogens is 1. The molecule has 4 heteroatoms. The summed E-state index contributed by atoms with van der Waals surface area (Å²) in [6.45, 7) is 0. The SMILES string of the molecule is COc1ccc2nc(CBr)ccc2c1Br. The fourth-order valence-corrected chi connectivity index (χ4v) is 2.36. The van der Waals surface area contributed by atoms with Crippen LogP contribution in [0, 0.1) is 0 Å². The van der Waals surface area contributed by atoms with Gasteiger partial charge < -0.3 is 4.74 Å². The molecule has 0 bridgehead atoms. The van der Waals surface area contributed by atoms with Crippen LogP contribution in [0.5, 0.6) is 5.75 Å². The topological polar surface area (TPSA) is 22.1 Å². The summed E-state index contributed by atoms with van der Waals surface area (Å²) < 4.78 is 6.18. The van der Waals surface area contributed by atoms with Gasteiger partial charge >= 0.3 is 0 Å². The van der Waals surface area contributed by atoms with Gasteiger partial charge in [0.1, 0.15) is 5.75 Å². The van der Waals surface area contributed by atoms with Crippen molar-refractivity contribution in [2.45, 2.75) is 5.33 Å². The Hall–Kier alpha value is -0.610. The average molecular weight is 331 g/mol. The molecule has 78 valence electrons. The molecule has 0 atom stereocenters. The van der Waals surface area contributed by atoms with Crippen molar-refractivity contribution in [1.82, 2.24) is 4.98 Å². The molecule has 15 heavy (non-hydrogen) atoms. The lowest BCUT2D eigenvalue weighted by atomic mass is 10.2. The van der Waals surface area contributed by atoms with E-state index in [1.807, 2.05) is 24.3 Å². The van der Waals surface area contributed by atoms with Crippen molar-refractivity contribution < 1.29 is 4.74 Å². The molecule has 0 saturated carbocycles. The van der Waals surface area contributed by atoms with Crippen molar-refractivity contribution in [3.05, 3.63) is 34.4 Å². The Bertz CT molecular complexity index is 499. The molecule has 1 heterocycles. The molecule has 0 aliphatic rings. The summed E-state index contributed by atoms with van der Waals surface area (Å²) in [7, 11) is 1.66. The van der Waals surface area contributed by atoms with E-state index in [4.69, 9.17) is 4.74 Å². The average Bonchev–Trinajstić information content (AvgIpc) is 2.29. The maximum Gasteiger partial charge on any atom is 0.133 e. The number of ether oxygens (including phenoxy) is 1. The van der Waals surface area contributed by atoms with Crippen molar-refractivity contribution in [1.29, 1.82) is 0 Å². The number of fused-ring (bicyclic) bond motifs is 1. The highest BCUT2D eigenvalue weighted by molar-refractivity contribution is 9.10. The van der Waals surface area contributed by atoms with Crippen LogP contribution in [0.3, 0.4) is 0 Å². The molecule has 0 radical (unpaired) electrons. The van der Waals surface area contributed by atoms with E-state index in [1.165, 1.54) is 0 Å². The van der Waals surface area contributed by atoms with Gasteiger partial charge in [0, 0.05) is 10.7 Å². The first-order valence-corrected chi connectivity index (χ1v) is 6.36. The van der Waals surface area contributed by atoms with E-state index in [2.05, 4.69) is 36.8 Å². The van der Waals surface area contributed by atoms with Crippen LogP contribution in [0.15, 0.2) is 28.7 Å². The highest BCUT2D eigenvalue weighted by atomic mass is 79.9. The van der Waals surface area contributed by atoms with Crippen LogP contribution < -0.4 is 4.74 Å². The van der Waals surface area contributed by atoms with E-state index in [9.17, 15) is 0 Å². The second kappa shape index (κ2) is 4.49. The smallest absolute Gasteiger partial charge is 0.133 e. The Morgan fingerprint density at radius 3 is 2.73 bits per heavy atom. The van der Waals surface area contributed by atoms with Crippen LogP contribution in [0.25, 0.3) is 10.9 Å². The molecule has 0 unspecified atom stereocenters. The van der Waals surface area contributed by atoms with Gasteiger partial charge in [-0.15, -0.1) is 0 Å². The van der Waals surface area contributed by atoms with E-state index in [1.54, 1.807) is 7.11 Å². The second-order valence-corrected chi connectivity index (χ2v) is 4.44. The Labute approximate surface area is 105 Å². The maximum absolute atomic E-state index is 5.23. The van der Waals surface area contributed by atoms with E-state index < -0.39 is 0 Å². The van der Waals surface area contributed by atoms with Crippen LogP contribution in [0.4, 0.5) is 0 Å². The number of benzene rings is 1. The Morgan fingerprint density at radius 2 is 2.07 bits per heavy atom. The summed E-state index contributed by atoms with van der Waals surface area (Å²) in [6.07, 6.45) is 0. The normalized spacial score (nSPS) is 10.6. The minimum atomic E-state index is 0.770. The van der Waals surface area contributed by atoms with Crippen LogP contribution in [0.1, 0.15) is 5.69 Å². The maximum atomic E-state index is 5.23. The van der Waals surface area contributed by atoms with Crippen LogP contribution in [-0.4, -0.2) is 12.1 Å². The van der Waals surface area contributed by atoms with Crippen LogP contribution >= 0.6 is 31.9 Å². The molecule has 2 nitrogen and oxygen atoms in total. The van der Waals surface area contributed by atoms with E-state index in [0.29, 0.717) is 0 Å². The zero-order valence-electron chi connectivity index (χ0n) is 8.13. The monoisotopic (exact) mass is 329 g/mol. The molecule has 0 amide bonds. The van der Waals surface area contributed by atoms with Crippen LogP contribution in [-0.2, 0) is 5.33 Å². The Kier molecular flexibility index (Phi) is 3.26. The number of rotatable bonds is 2. The first-order valence-electron chi connectivity index (χ1n) is 4.44. The molecule has 1 aromatic heterocycles. The van der Waals surface area contributed by atoms with Gasteiger partial charge in [-0.25, -0.2) is 0 Å². The molecule has 0 saturated heterocycles. The van der Waals surface area contributed by atoms with Crippen molar-refractivity contribution in [3.63, 3.8) is 0 Å². The van der Waals surface area contributed by atoms with Gasteiger partial charge in [-0.1, -0.05) is 15.9 Å². The highest BCUT2D eigenvalue weighted by Crippen LogP contribution is 2.32. The lowest BCUT2D eigenvalue weighted by Crippen LogP contribution is -1.89. The fourth-order valence-electron chi connectivity index (χ4n) is 1.42. The summed E-state index contributed by atoms with van der Waals surface area (Å²) in [5, 5.41) is 1.84. The van der Waals surface area contributed by atoms with Crippen molar-refractivity contribution in [2.24, 2.45) is 0 Å². The first-order chi connectivity index (χ1) is 7.26. The van der Waals surface area contributed by atoms with Gasteiger partial charge in [-0.05, 0) is 40.2 Å². The minimum absolute atomic E-state index is 0.770. The molecular formula is C11H9Br2NO. The fraction of sp³-hybridized carbons (Fsp3) is 0.182. The highest BCUT2D eigenvalue weighted by Gasteiger charge is 2.06. The molecular weight excluding hydrogens is 322 g/mol. The number of hydrogen-bond donors (Lipinski definition) is 0. The summed E-state index contributed by atoms with van der Waals surface area (Å²) in [5.41, 5.74) is 2.00. The van der Waals surface area contributed by atoms with Gasteiger partial charge in [0.25, 0.3) is 0 Å². The van der Waals surface area contributed by atoms with E-state index in [-0.39, 0.29) is 0 Å². The van der Waals surface area contributed by atoms with Gasteiger partial charge in [-0.2, -0.15) is 0 Å². The molecule has 1 aromatic carbocycles. The minimum Gasteiger partial charge on any atom is -0.496 e. The molecule has 0 aliphatic heterocycles. The Morgan fingerprint density at radius 1 is 1.27 bits per heavy atom. The standard InChI is InChI=1S/C11H9Br2NO/c1-15-10-5-4-9-8(11(10)13)3-2-7(6-12)14-9/h2-5H,6H2,1H3. The molecule has 0 spiro atoms. The van der Waals surface area contributed by atoms with Gasteiger partial charge in [-0.3, -0.25) is 4.98 Å². The van der Waals surface area contributed by atoms with Gasteiger partial charge in [0.2, 0.25) is 0 Å². The summed E-state index contributed by atoms with van der Waals surface area (Å²) in [6, 6.07) is 7.93. The largest absolute Gasteiger partial charge is 0.496 e.